The maximum Gasteiger partial charge on any atom is 0.137 e. The molecule has 0 unspecified atom stereocenters. The zero-order chi connectivity index (χ0) is 13.4. The topological polar surface area (TPSA) is 0 Å². The van der Waals surface area contributed by atoms with E-state index in [4.69, 9.17) is 0 Å². The number of benzene rings is 2. The second-order valence-corrected chi connectivity index (χ2v) is 3.85. The molecule has 0 radical (unpaired) electrons. The van der Waals surface area contributed by atoms with Crippen LogP contribution in [0.3, 0.4) is 0 Å². The summed E-state index contributed by atoms with van der Waals surface area (Å²) < 4.78 is 66.8. The van der Waals surface area contributed by atoms with E-state index in [1.807, 2.05) is 0 Å². The summed E-state index contributed by atoms with van der Waals surface area (Å²) in [6.45, 7) is 1.44. The second-order valence-electron chi connectivity index (χ2n) is 3.85. The fourth-order valence-corrected chi connectivity index (χ4v) is 1.72. The van der Waals surface area contributed by atoms with Crippen molar-refractivity contribution in [2.75, 3.05) is 0 Å². The lowest BCUT2D eigenvalue weighted by Crippen LogP contribution is -1.98. The Morgan fingerprint density at radius 1 is 0.611 bits per heavy atom. The lowest BCUT2D eigenvalue weighted by molar-refractivity contribution is 0.538. The predicted molar refractivity (Wildman–Crippen MR) is 56.4 cm³/mol. The van der Waals surface area contributed by atoms with Crippen LogP contribution in [0.2, 0.25) is 0 Å². The Balaban J connectivity index is 2.78. The molecule has 0 aliphatic carbocycles. The van der Waals surface area contributed by atoms with Crippen molar-refractivity contribution >= 4 is 0 Å². The van der Waals surface area contributed by atoms with Crippen molar-refractivity contribution in [1.29, 1.82) is 0 Å². The summed E-state index contributed by atoms with van der Waals surface area (Å²) in [5.74, 6) is -6.06. The first-order chi connectivity index (χ1) is 8.40. The molecule has 0 saturated carbocycles. The third kappa shape index (κ3) is 2.08. The molecule has 0 amide bonds. The molecule has 0 bridgehead atoms. The molecule has 2 aromatic carbocycles. The van der Waals surface area contributed by atoms with Gasteiger partial charge in [0.1, 0.15) is 29.1 Å². The van der Waals surface area contributed by atoms with Gasteiger partial charge >= 0.3 is 0 Å². The highest BCUT2D eigenvalue weighted by molar-refractivity contribution is 5.66. The van der Waals surface area contributed by atoms with Crippen molar-refractivity contribution in [3.05, 3.63) is 58.9 Å². The van der Waals surface area contributed by atoms with Gasteiger partial charge in [0.15, 0.2) is 0 Å². The highest BCUT2D eigenvalue weighted by Gasteiger charge is 2.21. The number of aryl methyl sites for hydroxylation is 1. The van der Waals surface area contributed by atoms with E-state index in [0.29, 0.717) is 12.1 Å². The van der Waals surface area contributed by atoms with Crippen LogP contribution in [0.1, 0.15) is 5.56 Å². The second kappa shape index (κ2) is 4.40. The van der Waals surface area contributed by atoms with Gasteiger partial charge in [-0.3, -0.25) is 0 Å². The number of hydrogen-bond acceptors (Lipinski definition) is 0. The van der Waals surface area contributed by atoms with Gasteiger partial charge in [0.05, 0.1) is 11.1 Å². The van der Waals surface area contributed by atoms with Gasteiger partial charge in [0.2, 0.25) is 0 Å². The van der Waals surface area contributed by atoms with Crippen LogP contribution in [0.25, 0.3) is 11.1 Å². The molecule has 94 valence electrons. The van der Waals surface area contributed by atoms with Crippen LogP contribution in [0.4, 0.5) is 22.0 Å². The molecule has 0 N–H and O–H groups in total. The molecule has 0 spiro atoms. The third-order valence-corrected chi connectivity index (χ3v) is 2.44. The molecule has 0 aliphatic heterocycles. The van der Waals surface area contributed by atoms with E-state index < -0.39 is 40.2 Å². The number of halogens is 5. The molecule has 0 aliphatic rings. The molecule has 18 heavy (non-hydrogen) atoms. The summed E-state index contributed by atoms with van der Waals surface area (Å²) in [5, 5.41) is 0. The van der Waals surface area contributed by atoms with E-state index in [0.717, 1.165) is 12.1 Å². The standard InChI is InChI=1S/C13H7F5/c1-6-2-8(15)12(9(16)3-6)13-10(17)4-7(14)5-11(13)18/h2-5H,1H3. The van der Waals surface area contributed by atoms with Crippen molar-refractivity contribution in [3.8, 4) is 11.1 Å². The Kier molecular flexibility index (Phi) is 3.07. The van der Waals surface area contributed by atoms with E-state index in [-0.39, 0.29) is 5.56 Å². The summed E-state index contributed by atoms with van der Waals surface area (Å²) >= 11 is 0. The predicted octanol–water partition coefficient (Wildman–Crippen LogP) is 4.36. The largest absolute Gasteiger partial charge is 0.207 e. The molecule has 5 heteroatoms. The normalized spacial score (nSPS) is 10.8. The van der Waals surface area contributed by atoms with Crippen molar-refractivity contribution in [2.24, 2.45) is 0 Å². The van der Waals surface area contributed by atoms with E-state index in [2.05, 4.69) is 0 Å². The van der Waals surface area contributed by atoms with Crippen LogP contribution in [0.15, 0.2) is 24.3 Å². The van der Waals surface area contributed by atoms with Gasteiger partial charge in [-0.1, -0.05) is 0 Å². The van der Waals surface area contributed by atoms with Gasteiger partial charge in [-0.25, -0.2) is 22.0 Å². The molecule has 2 aromatic rings. The molecular weight excluding hydrogens is 251 g/mol. The Hall–Kier alpha value is -1.91. The molecule has 0 fully saturated rings. The molecule has 0 nitrogen and oxygen atoms in total. The smallest absolute Gasteiger partial charge is 0.137 e. The van der Waals surface area contributed by atoms with E-state index in [1.54, 1.807) is 0 Å². The lowest BCUT2D eigenvalue weighted by Gasteiger charge is -2.09. The van der Waals surface area contributed by atoms with E-state index >= 15 is 0 Å². The van der Waals surface area contributed by atoms with Crippen molar-refractivity contribution in [3.63, 3.8) is 0 Å². The minimum atomic E-state index is -1.35. The average Bonchev–Trinajstić information content (AvgIpc) is 2.20. The summed E-state index contributed by atoms with van der Waals surface area (Å²) in [6.07, 6.45) is 0. The quantitative estimate of drug-likeness (QED) is 0.667. The fraction of sp³-hybridized carbons (Fsp3) is 0.0769. The van der Waals surface area contributed by atoms with Gasteiger partial charge in [0.25, 0.3) is 0 Å². The monoisotopic (exact) mass is 258 g/mol. The molecule has 0 aromatic heterocycles. The van der Waals surface area contributed by atoms with Crippen LogP contribution in [-0.2, 0) is 0 Å². The molecular formula is C13H7F5. The zero-order valence-corrected chi connectivity index (χ0v) is 9.20. The maximum absolute atomic E-state index is 13.6. The van der Waals surface area contributed by atoms with Crippen LogP contribution < -0.4 is 0 Å². The summed E-state index contributed by atoms with van der Waals surface area (Å²) in [4.78, 5) is 0. The van der Waals surface area contributed by atoms with Gasteiger partial charge in [0, 0.05) is 12.1 Å². The minimum absolute atomic E-state index is 0.275. The van der Waals surface area contributed by atoms with Gasteiger partial charge in [-0.05, 0) is 24.6 Å². The first-order valence-electron chi connectivity index (χ1n) is 5.00. The highest BCUT2D eigenvalue weighted by atomic mass is 19.2. The van der Waals surface area contributed by atoms with Crippen molar-refractivity contribution in [1.82, 2.24) is 0 Å². The molecule has 2 rings (SSSR count). The molecule has 0 atom stereocenters. The summed E-state index contributed by atoms with van der Waals surface area (Å²) in [5.41, 5.74) is -1.47. The minimum Gasteiger partial charge on any atom is -0.207 e. The average molecular weight is 258 g/mol. The summed E-state index contributed by atoms with van der Waals surface area (Å²) in [6, 6.07) is 2.63. The lowest BCUT2D eigenvalue weighted by atomic mass is 10.0. The Labute approximate surface area is 99.7 Å². The number of hydrogen-bond donors (Lipinski definition) is 0. The van der Waals surface area contributed by atoms with Crippen LogP contribution in [-0.4, -0.2) is 0 Å². The zero-order valence-electron chi connectivity index (χ0n) is 9.20. The number of rotatable bonds is 1. The summed E-state index contributed by atoms with van der Waals surface area (Å²) in [7, 11) is 0. The molecule has 0 saturated heterocycles. The van der Waals surface area contributed by atoms with E-state index in [1.165, 1.54) is 6.92 Å². The van der Waals surface area contributed by atoms with Gasteiger partial charge < -0.3 is 0 Å². The third-order valence-electron chi connectivity index (χ3n) is 2.44. The van der Waals surface area contributed by atoms with Crippen LogP contribution >= 0.6 is 0 Å². The van der Waals surface area contributed by atoms with Crippen molar-refractivity contribution < 1.29 is 22.0 Å². The highest BCUT2D eigenvalue weighted by Crippen LogP contribution is 2.32. The SMILES string of the molecule is Cc1cc(F)c(-c2c(F)cc(F)cc2F)c(F)c1. The van der Waals surface area contributed by atoms with Crippen LogP contribution in [0.5, 0.6) is 0 Å². The Morgan fingerprint density at radius 3 is 1.33 bits per heavy atom. The molecule has 0 heterocycles. The van der Waals surface area contributed by atoms with Crippen molar-refractivity contribution in [2.45, 2.75) is 6.92 Å². The fourth-order valence-electron chi connectivity index (χ4n) is 1.72. The Bertz CT molecular complexity index is 517. The Morgan fingerprint density at radius 2 is 0.944 bits per heavy atom. The van der Waals surface area contributed by atoms with Crippen LogP contribution in [0, 0.1) is 36.0 Å². The van der Waals surface area contributed by atoms with E-state index in [9.17, 15) is 22.0 Å². The first-order valence-corrected chi connectivity index (χ1v) is 5.00. The van der Waals surface area contributed by atoms with Gasteiger partial charge in [-0.15, -0.1) is 0 Å². The van der Waals surface area contributed by atoms with Gasteiger partial charge in [-0.2, -0.15) is 0 Å². The first kappa shape index (κ1) is 12.5. The maximum atomic E-state index is 13.6.